The Morgan fingerprint density at radius 1 is 1.23 bits per heavy atom. The summed E-state index contributed by atoms with van der Waals surface area (Å²) in [6.07, 6.45) is 6.47. The van der Waals surface area contributed by atoms with E-state index in [1.54, 1.807) is 19.9 Å². The van der Waals surface area contributed by atoms with Gasteiger partial charge in [0.25, 0.3) is 0 Å². The molecule has 1 aliphatic rings. The van der Waals surface area contributed by atoms with E-state index in [1.165, 1.54) is 16.4 Å². The summed E-state index contributed by atoms with van der Waals surface area (Å²) in [6, 6.07) is 4.63. The van der Waals surface area contributed by atoms with Crippen molar-refractivity contribution in [2.24, 2.45) is 5.92 Å². The maximum atomic E-state index is 12.8. The first-order chi connectivity index (χ1) is 12.4. The number of carbonyl (C=O) groups excluding carboxylic acids is 1. The Morgan fingerprint density at radius 2 is 1.96 bits per heavy atom. The van der Waals surface area contributed by atoms with Gasteiger partial charge in [0.05, 0.1) is 17.2 Å². The van der Waals surface area contributed by atoms with Crippen molar-refractivity contribution in [2.45, 2.75) is 44.9 Å². The summed E-state index contributed by atoms with van der Waals surface area (Å²) >= 11 is 0. The lowest BCUT2D eigenvalue weighted by Crippen LogP contribution is -2.30. The summed E-state index contributed by atoms with van der Waals surface area (Å²) in [5.74, 6) is 0.274. The molecule has 1 aliphatic carbocycles. The highest BCUT2D eigenvalue weighted by Crippen LogP contribution is 2.30. The maximum Gasteiger partial charge on any atom is 0.243 e. The quantitative estimate of drug-likeness (QED) is 0.701. The first-order valence-corrected chi connectivity index (χ1v) is 10.6. The van der Waals surface area contributed by atoms with Gasteiger partial charge in [-0.3, -0.25) is 4.79 Å². The fourth-order valence-electron chi connectivity index (χ4n) is 3.03. The van der Waals surface area contributed by atoms with Gasteiger partial charge in [-0.05, 0) is 44.4 Å². The molecule has 0 fully saturated rings. The van der Waals surface area contributed by atoms with Gasteiger partial charge >= 0.3 is 0 Å². The number of benzene rings is 1. The molecule has 1 N–H and O–H groups in total. The fraction of sp³-hybridized carbons (Fsp3) is 0.526. The molecule has 0 aromatic heterocycles. The van der Waals surface area contributed by atoms with Crippen molar-refractivity contribution in [3.05, 3.63) is 30.4 Å². The molecule has 0 heterocycles. The van der Waals surface area contributed by atoms with Gasteiger partial charge in [0, 0.05) is 19.0 Å². The second-order valence-corrected chi connectivity index (χ2v) is 8.09. The molecule has 144 valence electrons. The number of hydrogen-bond acceptors (Lipinski definition) is 4. The number of sulfonamides is 1. The van der Waals surface area contributed by atoms with Crippen molar-refractivity contribution in [3.8, 4) is 5.75 Å². The van der Waals surface area contributed by atoms with Gasteiger partial charge < -0.3 is 10.1 Å². The Bertz CT molecular complexity index is 755. The van der Waals surface area contributed by atoms with Gasteiger partial charge in [-0.2, -0.15) is 4.31 Å². The Labute approximate surface area is 156 Å². The van der Waals surface area contributed by atoms with Crippen LogP contribution in [0.2, 0.25) is 0 Å². The largest absolute Gasteiger partial charge is 0.492 e. The monoisotopic (exact) mass is 380 g/mol. The van der Waals surface area contributed by atoms with E-state index in [4.69, 9.17) is 4.74 Å². The normalized spacial score (nSPS) is 17.3. The molecule has 0 aliphatic heterocycles. The topological polar surface area (TPSA) is 75.7 Å². The van der Waals surface area contributed by atoms with Crippen molar-refractivity contribution < 1.29 is 17.9 Å². The molecule has 0 spiro atoms. The molecule has 6 nitrogen and oxygen atoms in total. The fourth-order valence-corrected chi connectivity index (χ4v) is 4.51. The van der Waals surface area contributed by atoms with E-state index in [9.17, 15) is 13.2 Å². The Kier molecular flexibility index (Phi) is 7.23. The summed E-state index contributed by atoms with van der Waals surface area (Å²) < 4.78 is 32.5. The zero-order valence-corrected chi connectivity index (χ0v) is 16.5. The summed E-state index contributed by atoms with van der Waals surface area (Å²) in [7, 11) is -3.60. The third-order valence-electron chi connectivity index (χ3n) is 4.49. The van der Waals surface area contributed by atoms with E-state index in [2.05, 4.69) is 11.4 Å². The van der Waals surface area contributed by atoms with Crippen molar-refractivity contribution in [3.63, 3.8) is 0 Å². The molecule has 1 unspecified atom stereocenters. The summed E-state index contributed by atoms with van der Waals surface area (Å²) in [4.78, 5) is 12.7. The molecule has 2 rings (SSSR count). The summed E-state index contributed by atoms with van der Waals surface area (Å²) in [6.45, 7) is 6.66. The number of amides is 1. The van der Waals surface area contributed by atoms with Crippen LogP contribution in [-0.2, 0) is 14.8 Å². The number of carbonyl (C=O) groups is 1. The molecule has 0 saturated carbocycles. The van der Waals surface area contributed by atoms with Crippen molar-refractivity contribution in [2.75, 3.05) is 25.0 Å². The van der Waals surface area contributed by atoms with Crippen molar-refractivity contribution in [1.82, 2.24) is 4.31 Å². The smallest absolute Gasteiger partial charge is 0.243 e. The molecule has 0 saturated heterocycles. The van der Waals surface area contributed by atoms with Gasteiger partial charge in [0.15, 0.2) is 0 Å². The number of nitrogens with one attached hydrogen (secondary N) is 1. The van der Waals surface area contributed by atoms with Gasteiger partial charge in [0.2, 0.25) is 15.9 Å². The van der Waals surface area contributed by atoms with Crippen LogP contribution in [0.1, 0.15) is 40.0 Å². The van der Waals surface area contributed by atoms with Crippen LogP contribution in [-0.4, -0.2) is 38.3 Å². The predicted octanol–water partition coefficient (Wildman–Crippen LogP) is 3.41. The molecule has 1 aromatic carbocycles. The average molecular weight is 381 g/mol. The third kappa shape index (κ3) is 4.65. The minimum atomic E-state index is -3.60. The Morgan fingerprint density at radius 3 is 2.54 bits per heavy atom. The lowest BCUT2D eigenvalue weighted by atomic mass is 9.93. The highest BCUT2D eigenvalue weighted by Gasteiger charge is 2.25. The van der Waals surface area contributed by atoms with Crippen molar-refractivity contribution in [1.29, 1.82) is 0 Å². The van der Waals surface area contributed by atoms with E-state index >= 15 is 0 Å². The average Bonchev–Trinajstić information content (AvgIpc) is 2.64. The van der Waals surface area contributed by atoms with Gasteiger partial charge in [-0.25, -0.2) is 8.42 Å². The van der Waals surface area contributed by atoms with Crippen LogP contribution in [0.3, 0.4) is 0 Å². The van der Waals surface area contributed by atoms with Crippen LogP contribution in [0.15, 0.2) is 35.2 Å². The maximum absolute atomic E-state index is 12.8. The van der Waals surface area contributed by atoms with Crippen LogP contribution in [0.25, 0.3) is 0 Å². The lowest BCUT2D eigenvalue weighted by Gasteiger charge is -2.21. The standard InChI is InChI=1S/C19H28N2O4S/c1-4-21(5-2)26(23,24)16-12-13-18(25-6-3)17(14-16)20-19(22)15-10-8-7-9-11-15/h7-8,12-15H,4-6,9-11H2,1-3H3,(H,20,22). The number of rotatable bonds is 8. The number of nitrogens with zero attached hydrogens (tertiary/aromatic N) is 1. The minimum absolute atomic E-state index is 0.0995. The van der Waals surface area contributed by atoms with Crippen LogP contribution in [0.4, 0.5) is 5.69 Å². The first kappa shape index (κ1) is 20.5. The van der Waals surface area contributed by atoms with Crippen LogP contribution < -0.4 is 10.1 Å². The second kappa shape index (κ2) is 9.19. The summed E-state index contributed by atoms with van der Waals surface area (Å²) in [5.41, 5.74) is 0.402. The molecular formula is C19H28N2O4S. The van der Waals surface area contributed by atoms with E-state index < -0.39 is 10.0 Å². The number of hydrogen-bond donors (Lipinski definition) is 1. The highest BCUT2D eigenvalue weighted by atomic mass is 32.2. The van der Waals surface area contributed by atoms with Gasteiger partial charge in [0.1, 0.15) is 5.75 Å². The van der Waals surface area contributed by atoms with E-state index in [0.717, 1.165) is 12.8 Å². The molecular weight excluding hydrogens is 352 g/mol. The van der Waals surface area contributed by atoms with Gasteiger partial charge in [-0.15, -0.1) is 0 Å². The van der Waals surface area contributed by atoms with E-state index in [0.29, 0.717) is 37.6 Å². The molecule has 1 atom stereocenters. The SMILES string of the molecule is CCOc1ccc(S(=O)(=O)N(CC)CC)cc1NC(=O)C1CC=CCC1. The zero-order valence-electron chi connectivity index (χ0n) is 15.7. The lowest BCUT2D eigenvalue weighted by molar-refractivity contribution is -0.120. The van der Waals surface area contributed by atoms with E-state index in [1.807, 2.05) is 13.0 Å². The van der Waals surface area contributed by atoms with Crippen molar-refractivity contribution >= 4 is 21.6 Å². The Balaban J connectivity index is 2.33. The molecule has 26 heavy (non-hydrogen) atoms. The summed E-state index contributed by atoms with van der Waals surface area (Å²) in [5, 5.41) is 2.87. The molecule has 7 heteroatoms. The number of allylic oxidation sites excluding steroid dienone is 2. The molecule has 1 amide bonds. The van der Waals surface area contributed by atoms with Crippen LogP contribution in [0, 0.1) is 5.92 Å². The zero-order chi connectivity index (χ0) is 19.2. The molecule has 0 radical (unpaired) electrons. The number of anilines is 1. The number of ether oxygens (including phenoxy) is 1. The van der Waals surface area contributed by atoms with E-state index in [-0.39, 0.29) is 16.7 Å². The Hall–Kier alpha value is -1.86. The third-order valence-corrected chi connectivity index (χ3v) is 6.54. The minimum Gasteiger partial charge on any atom is -0.492 e. The van der Waals surface area contributed by atoms with Crippen LogP contribution >= 0.6 is 0 Å². The predicted molar refractivity (Wildman–Crippen MR) is 103 cm³/mol. The highest BCUT2D eigenvalue weighted by molar-refractivity contribution is 7.89. The molecule has 1 aromatic rings. The van der Waals surface area contributed by atoms with Crippen LogP contribution in [0.5, 0.6) is 5.75 Å². The second-order valence-electron chi connectivity index (χ2n) is 6.15. The first-order valence-electron chi connectivity index (χ1n) is 9.16. The van der Waals surface area contributed by atoms with Gasteiger partial charge in [-0.1, -0.05) is 26.0 Å². The molecule has 0 bridgehead atoms.